The lowest BCUT2D eigenvalue weighted by molar-refractivity contribution is -0.142. The quantitative estimate of drug-likeness (QED) is 0.609. The summed E-state index contributed by atoms with van der Waals surface area (Å²) in [4.78, 5) is 22.4. The van der Waals surface area contributed by atoms with E-state index < -0.39 is 11.9 Å². The summed E-state index contributed by atoms with van der Waals surface area (Å²) < 4.78 is 4.91. The predicted molar refractivity (Wildman–Crippen MR) is 68.5 cm³/mol. The number of aliphatic carboxylic acids is 1. The number of nitrogens with one attached hydrogen (secondary N) is 2. The molecule has 0 bridgehead atoms. The third-order valence-electron chi connectivity index (χ3n) is 2.74. The highest BCUT2D eigenvalue weighted by molar-refractivity contribution is 5.76. The molecule has 0 fully saturated rings. The van der Waals surface area contributed by atoms with E-state index in [1.54, 1.807) is 7.11 Å². The summed E-state index contributed by atoms with van der Waals surface area (Å²) >= 11 is 0. The van der Waals surface area contributed by atoms with Crippen molar-refractivity contribution in [2.45, 2.75) is 33.2 Å². The Morgan fingerprint density at radius 2 is 1.89 bits per heavy atom. The number of methoxy groups -OCH3 is 1. The molecule has 0 aromatic carbocycles. The van der Waals surface area contributed by atoms with Gasteiger partial charge in [0.05, 0.1) is 5.92 Å². The Balaban J connectivity index is 3.98. The summed E-state index contributed by atoms with van der Waals surface area (Å²) in [5.74, 6) is -1.48. The second-order valence-electron chi connectivity index (χ2n) is 4.73. The molecular weight excluding hydrogens is 236 g/mol. The standard InChI is InChI=1S/C12H24N2O4/c1-8(2)10(11(15)16)7-13-12(17)14-9(3)5-6-18-4/h8-10H,5-7H2,1-4H3,(H,15,16)(H2,13,14,17). The molecule has 0 aromatic heterocycles. The Morgan fingerprint density at radius 3 is 2.33 bits per heavy atom. The van der Waals surface area contributed by atoms with Crippen molar-refractivity contribution >= 4 is 12.0 Å². The minimum atomic E-state index is -0.891. The van der Waals surface area contributed by atoms with Crippen LogP contribution in [0.2, 0.25) is 0 Å². The monoisotopic (exact) mass is 260 g/mol. The molecule has 106 valence electrons. The van der Waals surface area contributed by atoms with Gasteiger partial charge in [0.1, 0.15) is 0 Å². The second kappa shape index (κ2) is 8.74. The zero-order chi connectivity index (χ0) is 14.1. The fourth-order valence-electron chi connectivity index (χ4n) is 1.45. The first-order valence-corrected chi connectivity index (χ1v) is 6.14. The third-order valence-corrected chi connectivity index (χ3v) is 2.74. The van der Waals surface area contributed by atoms with E-state index in [0.29, 0.717) is 6.61 Å². The number of carbonyl (C=O) groups is 2. The molecule has 0 rings (SSSR count). The fraction of sp³-hybridized carbons (Fsp3) is 0.833. The van der Waals surface area contributed by atoms with Gasteiger partial charge in [0.15, 0.2) is 0 Å². The van der Waals surface area contributed by atoms with E-state index in [0.717, 1.165) is 6.42 Å². The van der Waals surface area contributed by atoms with Crippen LogP contribution in [-0.2, 0) is 9.53 Å². The average Bonchev–Trinajstić information content (AvgIpc) is 2.25. The first-order valence-electron chi connectivity index (χ1n) is 6.14. The van der Waals surface area contributed by atoms with Crippen LogP contribution in [0.5, 0.6) is 0 Å². The molecule has 18 heavy (non-hydrogen) atoms. The van der Waals surface area contributed by atoms with Crippen molar-refractivity contribution in [1.82, 2.24) is 10.6 Å². The summed E-state index contributed by atoms with van der Waals surface area (Å²) in [5.41, 5.74) is 0. The molecule has 0 aromatic rings. The largest absolute Gasteiger partial charge is 0.481 e. The number of urea groups is 1. The third kappa shape index (κ3) is 7.11. The van der Waals surface area contributed by atoms with E-state index in [-0.39, 0.29) is 24.5 Å². The molecular formula is C12H24N2O4. The molecule has 0 saturated carbocycles. The molecule has 0 heterocycles. The number of carboxylic acids is 1. The number of rotatable bonds is 8. The minimum absolute atomic E-state index is 0.00715. The number of ether oxygens (including phenoxy) is 1. The second-order valence-corrected chi connectivity index (χ2v) is 4.73. The molecule has 3 N–H and O–H groups in total. The highest BCUT2D eigenvalue weighted by atomic mass is 16.5. The van der Waals surface area contributed by atoms with E-state index in [1.807, 2.05) is 20.8 Å². The number of carboxylic acid groups (broad SMARTS) is 1. The Hall–Kier alpha value is -1.30. The number of hydrogen-bond acceptors (Lipinski definition) is 3. The van der Waals surface area contributed by atoms with E-state index in [2.05, 4.69) is 10.6 Å². The van der Waals surface area contributed by atoms with Gasteiger partial charge in [-0.1, -0.05) is 13.8 Å². The van der Waals surface area contributed by atoms with E-state index >= 15 is 0 Å². The van der Waals surface area contributed by atoms with Gasteiger partial charge in [-0.25, -0.2) is 4.79 Å². The van der Waals surface area contributed by atoms with Crippen LogP contribution in [0.3, 0.4) is 0 Å². The maximum Gasteiger partial charge on any atom is 0.315 e. The van der Waals surface area contributed by atoms with Crippen LogP contribution in [-0.4, -0.2) is 43.4 Å². The molecule has 2 amide bonds. The lowest BCUT2D eigenvalue weighted by Crippen LogP contribution is -2.44. The Bertz CT molecular complexity index is 269. The van der Waals surface area contributed by atoms with Gasteiger partial charge in [-0.05, 0) is 19.3 Å². The lowest BCUT2D eigenvalue weighted by Gasteiger charge is -2.18. The van der Waals surface area contributed by atoms with Crippen molar-refractivity contribution in [2.75, 3.05) is 20.3 Å². The number of amides is 2. The first kappa shape index (κ1) is 16.7. The molecule has 0 saturated heterocycles. The maximum absolute atomic E-state index is 11.5. The topological polar surface area (TPSA) is 87.7 Å². The summed E-state index contributed by atoms with van der Waals surface area (Å²) in [5, 5.41) is 14.3. The van der Waals surface area contributed by atoms with Gasteiger partial charge >= 0.3 is 12.0 Å². The van der Waals surface area contributed by atoms with Gasteiger partial charge < -0.3 is 20.5 Å². The molecule has 0 aliphatic heterocycles. The van der Waals surface area contributed by atoms with Crippen LogP contribution >= 0.6 is 0 Å². The normalized spacial score (nSPS) is 14.1. The average molecular weight is 260 g/mol. The summed E-state index contributed by atoms with van der Waals surface area (Å²) in [6.07, 6.45) is 0.719. The smallest absolute Gasteiger partial charge is 0.315 e. The van der Waals surface area contributed by atoms with Crippen LogP contribution in [0.25, 0.3) is 0 Å². The molecule has 0 radical (unpaired) electrons. The molecule has 0 aliphatic carbocycles. The van der Waals surface area contributed by atoms with Gasteiger partial charge in [0.2, 0.25) is 0 Å². The highest BCUT2D eigenvalue weighted by Gasteiger charge is 2.22. The van der Waals surface area contributed by atoms with Crippen molar-refractivity contribution in [2.24, 2.45) is 11.8 Å². The van der Waals surface area contributed by atoms with Crippen LogP contribution in [0.1, 0.15) is 27.2 Å². The van der Waals surface area contributed by atoms with Gasteiger partial charge in [-0.3, -0.25) is 4.79 Å². The summed E-state index contributed by atoms with van der Waals surface area (Å²) in [6.45, 7) is 6.22. The van der Waals surface area contributed by atoms with Crippen molar-refractivity contribution in [3.8, 4) is 0 Å². The first-order chi connectivity index (χ1) is 8.38. The van der Waals surface area contributed by atoms with Crippen molar-refractivity contribution < 1.29 is 19.4 Å². The van der Waals surface area contributed by atoms with E-state index in [9.17, 15) is 9.59 Å². The summed E-state index contributed by atoms with van der Waals surface area (Å²) in [7, 11) is 1.60. The molecule has 0 spiro atoms. The minimum Gasteiger partial charge on any atom is -0.481 e. The Labute approximate surface area is 108 Å². The number of carbonyl (C=O) groups excluding carboxylic acids is 1. The molecule has 2 atom stereocenters. The van der Waals surface area contributed by atoms with Gasteiger partial charge in [-0.2, -0.15) is 0 Å². The predicted octanol–water partition coefficient (Wildman–Crippen LogP) is 1.07. The fourth-order valence-corrected chi connectivity index (χ4v) is 1.45. The number of hydrogen-bond donors (Lipinski definition) is 3. The maximum atomic E-state index is 11.5. The van der Waals surface area contributed by atoms with Crippen molar-refractivity contribution in [3.05, 3.63) is 0 Å². The van der Waals surface area contributed by atoms with Crippen LogP contribution in [0, 0.1) is 11.8 Å². The van der Waals surface area contributed by atoms with Crippen molar-refractivity contribution in [1.29, 1.82) is 0 Å². The van der Waals surface area contributed by atoms with Crippen molar-refractivity contribution in [3.63, 3.8) is 0 Å². The highest BCUT2D eigenvalue weighted by Crippen LogP contribution is 2.09. The zero-order valence-electron chi connectivity index (χ0n) is 11.5. The SMILES string of the molecule is COCCC(C)NC(=O)NCC(C(=O)O)C(C)C. The molecule has 6 nitrogen and oxygen atoms in total. The van der Waals surface area contributed by atoms with Gasteiger partial charge in [0.25, 0.3) is 0 Å². The summed E-state index contributed by atoms with van der Waals surface area (Å²) in [6, 6.07) is -0.349. The van der Waals surface area contributed by atoms with E-state index in [4.69, 9.17) is 9.84 Å². The van der Waals surface area contributed by atoms with E-state index in [1.165, 1.54) is 0 Å². The molecule has 2 unspecified atom stereocenters. The Morgan fingerprint density at radius 1 is 1.28 bits per heavy atom. The molecule has 6 heteroatoms. The zero-order valence-corrected chi connectivity index (χ0v) is 11.5. The van der Waals surface area contributed by atoms with Crippen LogP contribution in [0.4, 0.5) is 4.79 Å². The van der Waals surface area contributed by atoms with Gasteiger partial charge in [0, 0.05) is 26.3 Å². The Kier molecular flexibility index (Phi) is 8.11. The van der Waals surface area contributed by atoms with Crippen LogP contribution in [0.15, 0.2) is 0 Å². The lowest BCUT2D eigenvalue weighted by atomic mass is 9.96. The van der Waals surface area contributed by atoms with Gasteiger partial charge in [-0.15, -0.1) is 0 Å². The van der Waals surface area contributed by atoms with Crippen LogP contribution < -0.4 is 10.6 Å². The molecule has 0 aliphatic rings.